The van der Waals surface area contributed by atoms with Crippen LogP contribution in [0.2, 0.25) is 5.02 Å². The predicted molar refractivity (Wildman–Crippen MR) is 79.4 cm³/mol. The molecule has 1 saturated heterocycles. The predicted octanol–water partition coefficient (Wildman–Crippen LogP) is 2.71. The second-order valence-corrected chi connectivity index (χ2v) is 5.65. The molecule has 2 N–H and O–H groups in total. The molecule has 124 valence electrons. The van der Waals surface area contributed by atoms with E-state index in [1.165, 1.54) is 11.0 Å². The van der Waals surface area contributed by atoms with E-state index in [1.54, 1.807) is 0 Å². The van der Waals surface area contributed by atoms with Crippen LogP contribution in [0, 0.1) is 5.92 Å². The summed E-state index contributed by atoms with van der Waals surface area (Å²) < 4.78 is 38.0. The van der Waals surface area contributed by atoms with Crippen LogP contribution in [0.5, 0.6) is 0 Å². The third-order valence-electron chi connectivity index (χ3n) is 3.63. The van der Waals surface area contributed by atoms with Gasteiger partial charge in [0, 0.05) is 24.2 Å². The molecular weight excluding hydrogens is 333 g/mol. The summed E-state index contributed by atoms with van der Waals surface area (Å²) in [7, 11) is 0. The Morgan fingerprint density at radius 1 is 1.35 bits per heavy atom. The zero-order chi connectivity index (χ0) is 17.2. The van der Waals surface area contributed by atoms with Crippen molar-refractivity contribution < 1.29 is 22.8 Å². The molecule has 1 heterocycles. The topological polar surface area (TPSA) is 63.4 Å². The molecule has 1 aliphatic heterocycles. The molecule has 0 aromatic heterocycles. The smallest absolute Gasteiger partial charge is 0.369 e. The van der Waals surface area contributed by atoms with Crippen molar-refractivity contribution >= 4 is 29.5 Å². The third kappa shape index (κ3) is 4.25. The Balaban J connectivity index is 2.11. The molecule has 1 atom stereocenters. The van der Waals surface area contributed by atoms with Crippen molar-refractivity contribution in [2.45, 2.75) is 12.6 Å². The lowest BCUT2D eigenvalue weighted by molar-refractivity contribution is -0.137. The van der Waals surface area contributed by atoms with E-state index in [9.17, 15) is 22.8 Å². The summed E-state index contributed by atoms with van der Waals surface area (Å²) >= 11 is 5.85. The van der Waals surface area contributed by atoms with Gasteiger partial charge in [0.05, 0.1) is 11.5 Å². The van der Waals surface area contributed by atoms with Gasteiger partial charge in [-0.1, -0.05) is 11.6 Å². The van der Waals surface area contributed by atoms with Crippen LogP contribution in [0.4, 0.5) is 13.2 Å². The fourth-order valence-electron chi connectivity index (χ4n) is 2.31. The average Bonchev–Trinajstić information content (AvgIpc) is 2.95. The number of rotatable bonds is 3. The fourth-order valence-corrected chi connectivity index (χ4v) is 2.49. The van der Waals surface area contributed by atoms with Crippen LogP contribution >= 0.6 is 11.6 Å². The molecule has 4 nitrogen and oxygen atoms in total. The first kappa shape index (κ1) is 17.3. The Hall–Kier alpha value is -2.02. The standard InChI is InChI=1S/C15H14ClF3N2O2/c16-12-3-2-11(15(17,18)19)7-9(12)1-4-13(22)21-6-5-10(8-21)14(20)23/h1-4,7,10H,5-6,8H2,(H2,20,23). The molecule has 1 aromatic rings. The van der Waals surface area contributed by atoms with Crippen molar-refractivity contribution in [1.29, 1.82) is 0 Å². The Morgan fingerprint density at radius 2 is 2.04 bits per heavy atom. The van der Waals surface area contributed by atoms with Crippen LogP contribution in [0.3, 0.4) is 0 Å². The maximum absolute atomic E-state index is 12.7. The van der Waals surface area contributed by atoms with Gasteiger partial charge in [-0.05, 0) is 36.3 Å². The van der Waals surface area contributed by atoms with Crippen molar-refractivity contribution in [3.05, 3.63) is 40.4 Å². The molecule has 0 spiro atoms. The molecule has 0 bridgehead atoms. The molecule has 1 fully saturated rings. The Bertz CT molecular complexity index is 659. The molecule has 0 radical (unpaired) electrons. The maximum atomic E-state index is 12.7. The number of likely N-dealkylation sites (tertiary alicyclic amines) is 1. The van der Waals surface area contributed by atoms with Gasteiger partial charge in [-0.2, -0.15) is 13.2 Å². The van der Waals surface area contributed by atoms with Crippen LogP contribution < -0.4 is 5.73 Å². The van der Waals surface area contributed by atoms with Gasteiger partial charge >= 0.3 is 6.18 Å². The van der Waals surface area contributed by atoms with E-state index in [1.807, 2.05) is 0 Å². The molecular formula is C15H14ClF3N2O2. The highest BCUT2D eigenvalue weighted by Gasteiger charge is 2.31. The largest absolute Gasteiger partial charge is 0.416 e. The van der Waals surface area contributed by atoms with Gasteiger partial charge in [-0.3, -0.25) is 9.59 Å². The second-order valence-electron chi connectivity index (χ2n) is 5.24. The van der Waals surface area contributed by atoms with Gasteiger partial charge in [0.1, 0.15) is 0 Å². The highest BCUT2D eigenvalue weighted by atomic mass is 35.5. The van der Waals surface area contributed by atoms with Gasteiger partial charge in [0.15, 0.2) is 0 Å². The Morgan fingerprint density at radius 3 is 2.61 bits per heavy atom. The SMILES string of the molecule is NC(=O)C1CCN(C(=O)C=Cc2cc(C(F)(F)F)ccc2Cl)C1. The van der Waals surface area contributed by atoms with Crippen LogP contribution in [0.15, 0.2) is 24.3 Å². The van der Waals surface area contributed by atoms with E-state index in [0.29, 0.717) is 13.0 Å². The molecule has 1 aliphatic rings. The van der Waals surface area contributed by atoms with Crippen LogP contribution in [-0.2, 0) is 15.8 Å². The summed E-state index contributed by atoms with van der Waals surface area (Å²) in [4.78, 5) is 24.5. The zero-order valence-corrected chi connectivity index (χ0v) is 12.7. The number of hydrogen-bond donors (Lipinski definition) is 1. The first-order valence-corrected chi connectivity index (χ1v) is 7.19. The molecule has 1 unspecified atom stereocenters. The van der Waals surface area contributed by atoms with Gasteiger partial charge in [0.2, 0.25) is 11.8 Å². The van der Waals surface area contributed by atoms with Crippen molar-refractivity contribution in [3.63, 3.8) is 0 Å². The summed E-state index contributed by atoms with van der Waals surface area (Å²) in [5, 5.41) is 0.110. The lowest BCUT2D eigenvalue weighted by Gasteiger charge is -2.13. The number of benzene rings is 1. The molecule has 2 amide bonds. The van der Waals surface area contributed by atoms with Crippen LogP contribution in [0.1, 0.15) is 17.5 Å². The van der Waals surface area contributed by atoms with Gasteiger partial charge in [0.25, 0.3) is 0 Å². The van der Waals surface area contributed by atoms with Crippen molar-refractivity contribution in [1.82, 2.24) is 4.90 Å². The maximum Gasteiger partial charge on any atom is 0.416 e. The summed E-state index contributed by atoms with van der Waals surface area (Å²) in [6.45, 7) is 0.599. The molecule has 8 heteroatoms. The quantitative estimate of drug-likeness (QED) is 0.855. The van der Waals surface area contributed by atoms with Gasteiger partial charge in [-0.15, -0.1) is 0 Å². The highest BCUT2D eigenvalue weighted by Crippen LogP contribution is 2.32. The zero-order valence-electron chi connectivity index (χ0n) is 11.9. The lowest BCUT2D eigenvalue weighted by atomic mass is 10.1. The van der Waals surface area contributed by atoms with Crippen molar-refractivity contribution in [2.24, 2.45) is 11.7 Å². The number of carbonyl (C=O) groups excluding carboxylic acids is 2. The number of hydrogen-bond acceptors (Lipinski definition) is 2. The van der Waals surface area contributed by atoms with E-state index < -0.39 is 23.6 Å². The minimum atomic E-state index is -4.49. The Labute approximate surface area is 135 Å². The highest BCUT2D eigenvalue weighted by molar-refractivity contribution is 6.32. The number of primary amides is 1. The van der Waals surface area contributed by atoms with E-state index in [0.717, 1.165) is 24.3 Å². The van der Waals surface area contributed by atoms with Crippen molar-refractivity contribution in [3.8, 4) is 0 Å². The number of nitrogens with zero attached hydrogens (tertiary/aromatic N) is 1. The monoisotopic (exact) mass is 346 g/mol. The van der Waals surface area contributed by atoms with Gasteiger partial charge < -0.3 is 10.6 Å². The minimum Gasteiger partial charge on any atom is -0.369 e. The number of halogens is 4. The second kappa shape index (κ2) is 6.62. The summed E-state index contributed by atoms with van der Waals surface area (Å²) in [5.74, 6) is -1.25. The van der Waals surface area contributed by atoms with E-state index in [4.69, 9.17) is 17.3 Å². The third-order valence-corrected chi connectivity index (χ3v) is 3.98. The molecule has 2 rings (SSSR count). The number of nitrogens with two attached hydrogens (primary N) is 1. The summed E-state index contributed by atoms with van der Waals surface area (Å²) in [6.07, 6.45) is -1.62. The normalized spacial score (nSPS) is 18.6. The molecule has 0 saturated carbocycles. The Kier molecular flexibility index (Phi) is 4.99. The van der Waals surface area contributed by atoms with E-state index in [-0.39, 0.29) is 23.0 Å². The van der Waals surface area contributed by atoms with Crippen LogP contribution in [0.25, 0.3) is 6.08 Å². The fraction of sp³-hybridized carbons (Fsp3) is 0.333. The van der Waals surface area contributed by atoms with E-state index in [2.05, 4.69) is 0 Å². The summed E-state index contributed by atoms with van der Waals surface area (Å²) in [5.41, 5.74) is 4.44. The molecule has 0 aliphatic carbocycles. The van der Waals surface area contributed by atoms with Crippen LogP contribution in [-0.4, -0.2) is 29.8 Å². The van der Waals surface area contributed by atoms with Gasteiger partial charge in [-0.25, -0.2) is 0 Å². The first-order valence-electron chi connectivity index (χ1n) is 6.81. The lowest BCUT2D eigenvalue weighted by Crippen LogP contribution is -2.30. The number of alkyl halides is 3. The first-order chi connectivity index (χ1) is 10.7. The molecule has 23 heavy (non-hydrogen) atoms. The number of carbonyl (C=O) groups is 2. The van der Waals surface area contributed by atoms with Crippen molar-refractivity contribution in [2.75, 3.05) is 13.1 Å². The minimum absolute atomic E-state index is 0.0977. The average molecular weight is 347 g/mol. The molecule has 1 aromatic carbocycles. The van der Waals surface area contributed by atoms with E-state index >= 15 is 0 Å². The summed E-state index contributed by atoms with van der Waals surface area (Å²) in [6, 6.07) is 2.88. The number of amides is 2.